The molecule has 0 aromatic carbocycles. The van der Waals surface area contributed by atoms with Gasteiger partial charge in [0.05, 0.1) is 6.04 Å². The first-order chi connectivity index (χ1) is 4.97. The molecule has 0 aromatic rings. The van der Waals surface area contributed by atoms with Crippen LogP contribution in [0.3, 0.4) is 0 Å². The standard InChI is InChI=1S/C9H10N/c1-2-6-9-8(4-1)5-3-7-10-9/h2-4,6-7,9H,1,5H2. The van der Waals surface area contributed by atoms with E-state index in [1.807, 2.05) is 6.20 Å². The van der Waals surface area contributed by atoms with Gasteiger partial charge in [0, 0.05) is 6.20 Å². The first-order valence-electron chi connectivity index (χ1n) is 3.67. The summed E-state index contributed by atoms with van der Waals surface area (Å²) in [6, 6.07) is 0.374. The van der Waals surface area contributed by atoms with Crippen molar-refractivity contribution in [2.45, 2.75) is 18.9 Å². The highest BCUT2D eigenvalue weighted by atomic mass is 14.9. The van der Waals surface area contributed by atoms with Crippen molar-refractivity contribution >= 4 is 0 Å². The molecule has 0 bridgehead atoms. The monoisotopic (exact) mass is 132 g/mol. The summed E-state index contributed by atoms with van der Waals surface area (Å²) in [4.78, 5) is 0. The molecular weight excluding hydrogens is 122 g/mol. The molecule has 0 saturated carbocycles. The maximum atomic E-state index is 4.32. The Labute approximate surface area is 61.1 Å². The maximum Gasteiger partial charge on any atom is 0.0893 e. The minimum atomic E-state index is 0.374. The molecule has 1 nitrogen and oxygen atoms in total. The molecule has 1 atom stereocenters. The van der Waals surface area contributed by atoms with Gasteiger partial charge in [0.25, 0.3) is 0 Å². The summed E-state index contributed by atoms with van der Waals surface area (Å²) >= 11 is 0. The van der Waals surface area contributed by atoms with Gasteiger partial charge in [0.15, 0.2) is 0 Å². The Morgan fingerprint density at radius 3 is 3.30 bits per heavy atom. The SMILES string of the molecule is C1=CC2[N]C=CCC2=CC1. The molecule has 0 N–H and O–H groups in total. The Morgan fingerprint density at radius 2 is 2.40 bits per heavy atom. The van der Waals surface area contributed by atoms with Crippen LogP contribution in [0.25, 0.3) is 0 Å². The predicted octanol–water partition coefficient (Wildman–Crippen LogP) is 1.76. The van der Waals surface area contributed by atoms with Crippen LogP contribution in [0.4, 0.5) is 0 Å². The molecule has 1 unspecified atom stereocenters. The van der Waals surface area contributed by atoms with Crippen molar-refractivity contribution in [2.75, 3.05) is 0 Å². The van der Waals surface area contributed by atoms with Crippen LogP contribution in [-0.2, 0) is 0 Å². The van der Waals surface area contributed by atoms with Crippen LogP contribution < -0.4 is 5.32 Å². The quantitative estimate of drug-likeness (QED) is 0.446. The van der Waals surface area contributed by atoms with Gasteiger partial charge in [0.2, 0.25) is 0 Å². The Morgan fingerprint density at radius 1 is 1.40 bits per heavy atom. The first kappa shape index (κ1) is 5.78. The van der Waals surface area contributed by atoms with Crippen molar-refractivity contribution in [3.05, 3.63) is 36.1 Å². The van der Waals surface area contributed by atoms with Crippen molar-refractivity contribution in [3.8, 4) is 0 Å². The van der Waals surface area contributed by atoms with E-state index in [4.69, 9.17) is 0 Å². The van der Waals surface area contributed by atoms with Gasteiger partial charge in [0.1, 0.15) is 0 Å². The van der Waals surface area contributed by atoms with E-state index in [1.54, 1.807) is 0 Å². The van der Waals surface area contributed by atoms with E-state index in [2.05, 4.69) is 29.6 Å². The maximum absolute atomic E-state index is 4.32. The number of allylic oxidation sites excluding steroid dienone is 3. The van der Waals surface area contributed by atoms with Crippen LogP contribution in [0.2, 0.25) is 0 Å². The van der Waals surface area contributed by atoms with Crippen molar-refractivity contribution in [2.24, 2.45) is 0 Å². The lowest BCUT2D eigenvalue weighted by atomic mass is 9.96. The molecule has 1 aliphatic carbocycles. The Balaban J connectivity index is 2.23. The topological polar surface area (TPSA) is 14.1 Å². The van der Waals surface area contributed by atoms with Crippen LogP contribution in [-0.4, -0.2) is 6.04 Å². The van der Waals surface area contributed by atoms with E-state index in [1.165, 1.54) is 5.57 Å². The van der Waals surface area contributed by atoms with Crippen molar-refractivity contribution < 1.29 is 0 Å². The molecule has 1 aliphatic heterocycles. The Kier molecular flexibility index (Phi) is 1.35. The minimum absolute atomic E-state index is 0.374. The van der Waals surface area contributed by atoms with Gasteiger partial charge in [-0.25, -0.2) is 0 Å². The number of hydrogen-bond acceptors (Lipinski definition) is 0. The molecular formula is C9H10N. The number of fused-ring (bicyclic) bond motifs is 1. The van der Waals surface area contributed by atoms with Gasteiger partial charge in [-0.05, 0) is 18.4 Å². The third kappa shape index (κ3) is 0.878. The third-order valence-corrected chi connectivity index (χ3v) is 1.92. The summed E-state index contributed by atoms with van der Waals surface area (Å²) in [7, 11) is 0. The highest BCUT2D eigenvalue weighted by Crippen LogP contribution is 2.19. The number of hydrogen-bond donors (Lipinski definition) is 0. The van der Waals surface area contributed by atoms with E-state index in [0.29, 0.717) is 6.04 Å². The molecule has 2 aliphatic rings. The van der Waals surface area contributed by atoms with E-state index in [0.717, 1.165) is 12.8 Å². The van der Waals surface area contributed by atoms with Crippen LogP contribution in [0.15, 0.2) is 36.1 Å². The van der Waals surface area contributed by atoms with Crippen molar-refractivity contribution in [3.63, 3.8) is 0 Å². The average molecular weight is 132 g/mol. The van der Waals surface area contributed by atoms with Crippen LogP contribution in [0.1, 0.15) is 12.8 Å². The number of nitrogens with zero attached hydrogens (tertiary/aromatic N) is 1. The second-order valence-corrected chi connectivity index (χ2v) is 2.63. The highest BCUT2D eigenvalue weighted by Gasteiger charge is 2.14. The molecule has 1 heterocycles. The summed E-state index contributed by atoms with van der Waals surface area (Å²) in [5.74, 6) is 0. The molecule has 10 heavy (non-hydrogen) atoms. The predicted molar refractivity (Wildman–Crippen MR) is 41.5 cm³/mol. The van der Waals surface area contributed by atoms with E-state index in [9.17, 15) is 0 Å². The fourth-order valence-electron chi connectivity index (χ4n) is 1.36. The van der Waals surface area contributed by atoms with Gasteiger partial charge >= 0.3 is 0 Å². The lowest BCUT2D eigenvalue weighted by Crippen LogP contribution is -2.22. The van der Waals surface area contributed by atoms with Crippen molar-refractivity contribution in [1.82, 2.24) is 5.32 Å². The molecule has 2 rings (SSSR count). The second kappa shape index (κ2) is 2.33. The zero-order valence-corrected chi connectivity index (χ0v) is 5.83. The summed E-state index contributed by atoms with van der Waals surface area (Å²) in [6.07, 6.45) is 12.8. The van der Waals surface area contributed by atoms with Gasteiger partial charge < -0.3 is 0 Å². The lowest BCUT2D eigenvalue weighted by molar-refractivity contribution is 0.719. The van der Waals surface area contributed by atoms with E-state index < -0.39 is 0 Å². The summed E-state index contributed by atoms with van der Waals surface area (Å²) < 4.78 is 0. The molecule has 0 saturated heterocycles. The molecule has 0 fully saturated rings. The van der Waals surface area contributed by atoms with Crippen LogP contribution in [0, 0.1) is 0 Å². The normalized spacial score (nSPS) is 28.8. The summed E-state index contributed by atoms with van der Waals surface area (Å²) in [6.45, 7) is 0. The van der Waals surface area contributed by atoms with E-state index >= 15 is 0 Å². The molecule has 0 aromatic heterocycles. The van der Waals surface area contributed by atoms with Crippen molar-refractivity contribution in [1.29, 1.82) is 0 Å². The van der Waals surface area contributed by atoms with Crippen LogP contribution >= 0.6 is 0 Å². The second-order valence-electron chi connectivity index (χ2n) is 2.63. The van der Waals surface area contributed by atoms with Gasteiger partial charge in [-0.2, -0.15) is 0 Å². The molecule has 1 heteroatoms. The highest BCUT2D eigenvalue weighted by molar-refractivity contribution is 5.28. The number of rotatable bonds is 0. The van der Waals surface area contributed by atoms with Gasteiger partial charge in [-0.3, -0.25) is 5.32 Å². The van der Waals surface area contributed by atoms with Crippen LogP contribution in [0.5, 0.6) is 0 Å². The van der Waals surface area contributed by atoms with Gasteiger partial charge in [-0.15, -0.1) is 0 Å². The Hall–Kier alpha value is -0.980. The fourth-order valence-corrected chi connectivity index (χ4v) is 1.36. The molecule has 0 spiro atoms. The first-order valence-corrected chi connectivity index (χ1v) is 3.67. The Bertz CT molecular complexity index is 211. The fraction of sp³-hybridized carbons (Fsp3) is 0.333. The lowest BCUT2D eigenvalue weighted by Gasteiger charge is -2.20. The van der Waals surface area contributed by atoms with E-state index in [-0.39, 0.29) is 0 Å². The molecule has 51 valence electrons. The third-order valence-electron chi connectivity index (χ3n) is 1.92. The average Bonchev–Trinajstić information content (AvgIpc) is 2.05. The molecule has 0 amide bonds. The van der Waals surface area contributed by atoms with Gasteiger partial charge in [-0.1, -0.05) is 24.3 Å². The zero-order chi connectivity index (χ0) is 6.81. The molecule has 1 radical (unpaired) electrons. The zero-order valence-electron chi connectivity index (χ0n) is 5.83. The summed E-state index contributed by atoms with van der Waals surface area (Å²) in [5.41, 5.74) is 1.46. The summed E-state index contributed by atoms with van der Waals surface area (Å²) in [5, 5.41) is 4.32. The smallest absolute Gasteiger partial charge is 0.0893 e. The minimum Gasteiger partial charge on any atom is -0.282 e. The largest absolute Gasteiger partial charge is 0.282 e.